The van der Waals surface area contributed by atoms with Gasteiger partial charge in [0.2, 0.25) is 5.89 Å². The van der Waals surface area contributed by atoms with Gasteiger partial charge in [-0.15, -0.1) is 10.2 Å². The number of benzene rings is 1. The summed E-state index contributed by atoms with van der Waals surface area (Å²) in [7, 11) is 0. The molecule has 1 heterocycles. The molecule has 0 radical (unpaired) electrons. The molecule has 134 valence electrons. The van der Waals surface area contributed by atoms with Crippen molar-refractivity contribution in [1.29, 1.82) is 0 Å². The molecule has 0 aliphatic carbocycles. The number of rotatable bonds is 7. The molecule has 25 heavy (non-hydrogen) atoms. The van der Waals surface area contributed by atoms with Gasteiger partial charge in [0, 0.05) is 0 Å². The summed E-state index contributed by atoms with van der Waals surface area (Å²) in [6, 6.07) is 3.13. The second-order valence-corrected chi connectivity index (χ2v) is 6.05. The predicted molar refractivity (Wildman–Crippen MR) is 83.8 cm³/mol. The molecule has 1 N–H and O–H groups in total. The lowest BCUT2D eigenvalue weighted by Crippen LogP contribution is -2.25. The Morgan fingerprint density at radius 2 is 2.00 bits per heavy atom. The highest BCUT2D eigenvalue weighted by Crippen LogP contribution is 2.22. The number of hydrogen-bond donors (Lipinski definition) is 1. The maximum Gasteiger partial charge on any atom is 0.319 e. The lowest BCUT2D eigenvalue weighted by molar-refractivity contribution is -0.142. The largest absolute Gasteiger partial charge is 0.465 e. The van der Waals surface area contributed by atoms with Crippen LogP contribution >= 0.6 is 11.8 Å². The zero-order chi connectivity index (χ0) is 18.4. The minimum Gasteiger partial charge on any atom is -0.465 e. The van der Waals surface area contributed by atoms with Gasteiger partial charge >= 0.3 is 5.97 Å². The molecule has 0 unspecified atom stereocenters. The number of ether oxygens (including phenoxy) is 1. The number of carbonyl (C=O) groups is 2. The number of nitrogens with one attached hydrogen (secondary N) is 1. The van der Waals surface area contributed by atoms with Gasteiger partial charge in [-0.3, -0.25) is 9.59 Å². The maximum atomic E-state index is 13.5. The van der Waals surface area contributed by atoms with Gasteiger partial charge in [-0.05, 0) is 26.0 Å². The van der Waals surface area contributed by atoms with Crippen LogP contribution in [0.3, 0.4) is 0 Å². The van der Waals surface area contributed by atoms with Crippen molar-refractivity contribution in [2.45, 2.75) is 30.9 Å². The molecule has 2 rings (SSSR count). The summed E-state index contributed by atoms with van der Waals surface area (Å²) >= 11 is 1.00. The summed E-state index contributed by atoms with van der Waals surface area (Å²) < 4.78 is 37.1. The molecule has 0 aliphatic heterocycles. The van der Waals surface area contributed by atoms with Crippen LogP contribution in [0.15, 0.2) is 27.8 Å². The van der Waals surface area contributed by atoms with Gasteiger partial charge in [0.15, 0.2) is 0 Å². The number of aromatic nitrogens is 2. The Morgan fingerprint density at radius 1 is 1.32 bits per heavy atom. The molecule has 0 fully saturated rings. The van der Waals surface area contributed by atoms with E-state index in [-0.39, 0.29) is 24.3 Å². The zero-order valence-electron chi connectivity index (χ0n) is 13.4. The number of nitrogens with zero attached hydrogens (tertiary/aromatic N) is 2. The van der Waals surface area contributed by atoms with E-state index in [9.17, 15) is 18.4 Å². The predicted octanol–water partition coefficient (Wildman–Crippen LogP) is 2.32. The molecule has 0 saturated heterocycles. The van der Waals surface area contributed by atoms with Crippen molar-refractivity contribution in [2.24, 2.45) is 0 Å². The molecule has 0 spiro atoms. The van der Waals surface area contributed by atoms with Crippen molar-refractivity contribution in [1.82, 2.24) is 15.5 Å². The van der Waals surface area contributed by atoms with E-state index in [1.807, 2.05) is 0 Å². The molecule has 7 nitrogen and oxygen atoms in total. The van der Waals surface area contributed by atoms with Gasteiger partial charge in [-0.2, -0.15) is 0 Å². The Balaban J connectivity index is 1.93. The van der Waals surface area contributed by atoms with Crippen molar-refractivity contribution in [3.63, 3.8) is 0 Å². The molecule has 1 atom stereocenters. The van der Waals surface area contributed by atoms with Gasteiger partial charge < -0.3 is 14.5 Å². The van der Waals surface area contributed by atoms with Crippen molar-refractivity contribution in [2.75, 3.05) is 6.61 Å². The first-order chi connectivity index (χ1) is 11.9. The van der Waals surface area contributed by atoms with Crippen LogP contribution < -0.4 is 5.32 Å². The Labute approximate surface area is 146 Å². The molecule has 0 bridgehead atoms. The van der Waals surface area contributed by atoms with Gasteiger partial charge in [-0.1, -0.05) is 17.8 Å². The first-order valence-corrected chi connectivity index (χ1v) is 8.18. The van der Waals surface area contributed by atoms with Crippen LogP contribution in [0, 0.1) is 11.6 Å². The van der Waals surface area contributed by atoms with Crippen LogP contribution in [-0.2, 0) is 16.1 Å². The number of halogens is 2. The molecule has 1 aromatic carbocycles. The first kappa shape index (κ1) is 18.8. The minimum absolute atomic E-state index is 0.0312. The van der Waals surface area contributed by atoms with Crippen LogP contribution in [0.4, 0.5) is 8.78 Å². The third kappa shape index (κ3) is 4.99. The van der Waals surface area contributed by atoms with Crippen LogP contribution in [0.2, 0.25) is 0 Å². The van der Waals surface area contributed by atoms with E-state index in [0.29, 0.717) is 0 Å². The smallest absolute Gasteiger partial charge is 0.319 e. The SMILES string of the molecule is CCOC(=O)[C@H](C)Sc1nnc(CNC(=O)c2c(F)cccc2F)o1. The summed E-state index contributed by atoms with van der Waals surface area (Å²) in [6.45, 7) is 3.36. The van der Waals surface area contributed by atoms with Gasteiger partial charge in [0.25, 0.3) is 11.1 Å². The van der Waals surface area contributed by atoms with E-state index < -0.39 is 34.3 Å². The van der Waals surface area contributed by atoms with E-state index in [0.717, 1.165) is 30.0 Å². The summed E-state index contributed by atoms with van der Waals surface area (Å²) in [5.74, 6) is -3.27. The molecule has 0 saturated carbocycles. The highest BCUT2D eigenvalue weighted by molar-refractivity contribution is 8.00. The topological polar surface area (TPSA) is 94.3 Å². The average Bonchev–Trinajstić information content (AvgIpc) is 3.00. The second-order valence-electron chi connectivity index (χ2n) is 4.75. The fourth-order valence-electron chi connectivity index (χ4n) is 1.78. The quantitative estimate of drug-likeness (QED) is 0.589. The molecule has 1 amide bonds. The van der Waals surface area contributed by atoms with Gasteiger partial charge in [0.05, 0.1) is 13.2 Å². The minimum atomic E-state index is -0.970. The van der Waals surface area contributed by atoms with Gasteiger partial charge in [0.1, 0.15) is 22.4 Å². The summed E-state index contributed by atoms with van der Waals surface area (Å²) in [5, 5.41) is 9.27. The Hall–Kier alpha value is -2.49. The fraction of sp³-hybridized carbons (Fsp3) is 0.333. The van der Waals surface area contributed by atoms with Crippen LogP contribution in [0.25, 0.3) is 0 Å². The molecule has 1 aromatic heterocycles. The van der Waals surface area contributed by atoms with E-state index >= 15 is 0 Å². The standard InChI is InChI=1S/C15H15F2N3O4S/c1-3-23-14(22)8(2)25-15-20-19-11(24-15)7-18-13(21)12-9(16)5-4-6-10(12)17/h4-6,8H,3,7H2,1-2H3,(H,18,21)/t8-/m0/s1. The molecular weight excluding hydrogens is 356 g/mol. The van der Waals surface area contributed by atoms with Crippen LogP contribution in [0.1, 0.15) is 30.1 Å². The second kappa shape index (κ2) is 8.56. The lowest BCUT2D eigenvalue weighted by Gasteiger charge is -2.06. The molecule has 0 aliphatic rings. The summed E-state index contributed by atoms with van der Waals surface area (Å²) in [5.41, 5.74) is -0.687. The zero-order valence-corrected chi connectivity index (χ0v) is 14.2. The van der Waals surface area contributed by atoms with Crippen molar-refractivity contribution in [3.8, 4) is 0 Å². The monoisotopic (exact) mass is 371 g/mol. The number of thioether (sulfide) groups is 1. The Bertz CT molecular complexity index is 749. The summed E-state index contributed by atoms with van der Waals surface area (Å²) in [4.78, 5) is 23.4. The highest BCUT2D eigenvalue weighted by Gasteiger charge is 2.20. The van der Waals surface area contributed by atoms with E-state index in [1.54, 1.807) is 13.8 Å². The number of hydrogen-bond acceptors (Lipinski definition) is 7. The van der Waals surface area contributed by atoms with Crippen molar-refractivity contribution in [3.05, 3.63) is 41.3 Å². The van der Waals surface area contributed by atoms with E-state index in [4.69, 9.17) is 9.15 Å². The molecule has 2 aromatic rings. The third-order valence-electron chi connectivity index (χ3n) is 2.93. The van der Waals surface area contributed by atoms with Crippen molar-refractivity contribution < 1.29 is 27.5 Å². The van der Waals surface area contributed by atoms with E-state index in [1.165, 1.54) is 0 Å². The Morgan fingerprint density at radius 3 is 2.64 bits per heavy atom. The number of esters is 1. The third-order valence-corrected chi connectivity index (χ3v) is 3.85. The van der Waals surface area contributed by atoms with E-state index in [2.05, 4.69) is 15.5 Å². The Kier molecular flexibility index (Phi) is 6.45. The average molecular weight is 371 g/mol. The summed E-state index contributed by atoms with van der Waals surface area (Å²) in [6.07, 6.45) is 0. The van der Waals surface area contributed by atoms with Crippen molar-refractivity contribution >= 4 is 23.6 Å². The maximum absolute atomic E-state index is 13.5. The molecular formula is C15H15F2N3O4S. The number of amides is 1. The fourth-order valence-corrected chi connectivity index (χ4v) is 2.47. The first-order valence-electron chi connectivity index (χ1n) is 7.30. The lowest BCUT2D eigenvalue weighted by atomic mass is 10.2. The number of carbonyl (C=O) groups excluding carboxylic acids is 2. The molecule has 10 heteroatoms. The highest BCUT2D eigenvalue weighted by atomic mass is 32.2. The van der Waals surface area contributed by atoms with Crippen LogP contribution in [0.5, 0.6) is 0 Å². The van der Waals surface area contributed by atoms with Gasteiger partial charge in [-0.25, -0.2) is 8.78 Å². The van der Waals surface area contributed by atoms with Crippen LogP contribution in [-0.4, -0.2) is 33.9 Å². The normalized spacial score (nSPS) is 11.8.